The minimum absolute atomic E-state index is 0.153. The van der Waals surface area contributed by atoms with Crippen molar-refractivity contribution in [2.75, 3.05) is 13.1 Å². The number of pyridine rings is 1. The van der Waals surface area contributed by atoms with E-state index in [1.54, 1.807) is 0 Å². The molecule has 0 spiro atoms. The predicted octanol–water partition coefficient (Wildman–Crippen LogP) is 2.57. The topological polar surface area (TPSA) is 76.8 Å². The van der Waals surface area contributed by atoms with Gasteiger partial charge in [0.15, 0.2) is 0 Å². The maximum atomic E-state index is 11.4. The molecule has 2 aromatic heterocycles. The van der Waals surface area contributed by atoms with E-state index in [-0.39, 0.29) is 11.7 Å². The molecule has 6 heteroatoms. The molecule has 1 aliphatic heterocycles. The Hall–Kier alpha value is -2.44. The van der Waals surface area contributed by atoms with Gasteiger partial charge in [-0.15, -0.1) is 0 Å². The second-order valence-electron chi connectivity index (χ2n) is 7.18. The number of piperidine rings is 1. The van der Waals surface area contributed by atoms with Crippen LogP contribution in [0.25, 0.3) is 11.0 Å². The molecule has 1 aromatic carbocycles. The van der Waals surface area contributed by atoms with Crippen molar-refractivity contribution in [3.63, 3.8) is 0 Å². The average molecular weight is 351 g/mol. The predicted molar refractivity (Wildman–Crippen MR) is 103 cm³/mol. The number of aromatic nitrogens is 3. The molecule has 0 saturated carbocycles. The van der Waals surface area contributed by atoms with Gasteiger partial charge in [0.05, 0.1) is 11.0 Å². The van der Waals surface area contributed by atoms with Crippen molar-refractivity contribution in [2.24, 2.45) is 0 Å². The Kier molecular flexibility index (Phi) is 4.86. The quantitative estimate of drug-likeness (QED) is 0.660. The van der Waals surface area contributed by atoms with Crippen LogP contribution in [-0.2, 0) is 6.54 Å². The van der Waals surface area contributed by atoms with Gasteiger partial charge in [0.2, 0.25) is 0 Å². The Balaban J connectivity index is 1.32. The van der Waals surface area contributed by atoms with Crippen molar-refractivity contribution < 1.29 is 0 Å². The van der Waals surface area contributed by atoms with Crippen LogP contribution in [0.4, 0.5) is 0 Å². The molecule has 3 N–H and O–H groups in total. The van der Waals surface area contributed by atoms with Gasteiger partial charge in [-0.25, -0.2) is 4.79 Å². The summed E-state index contributed by atoms with van der Waals surface area (Å²) in [5, 5.41) is 3.75. The standard InChI is InChI=1S/C20H25N5O/c1-14(16-2-3-18-19(12-16)24-20(26)23-18)22-17-6-10-25(11-7-17)13-15-4-8-21-9-5-15/h2-5,8-9,12,14,17,22H,6-7,10-11,13H2,1H3,(H2,23,24,26). The lowest BCUT2D eigenvalue weighted by atomic mass is 10.0. The van der Waals surface area contributed by atoms with Gasteiger partial charge >= 0.3 is 5.69 Å². The molecule has 3 aromatic rings. The number of nitrogens with zero attached hydrogens (tertiary/aromatic N) is 2. The molecular weight excluding hydrogens is 326 g/mol. The van der Waals surface area contributed by atoms with E-state index in [1.807, 2.05) is 18.5 Å². The fourth-order valence-corrected chi connectivity index (χ4v) is 3.77. The van der Waals surface area contributed by atoms with Gasteiger partial charge in [-0.05, 0) is 68.2 Å². The number of likely N-dealkylation sites (tertiary alicyclic amines) is 1. The first-order valence-electron chi connectivity index (χ1n) is 9.26. The van der Waals surface area contributed by atoms with Crippen molar-refractivity contribution in [1.82, 2.24) is 25.2 Å². The minimum atomic E-state index is -0.153. The molecule has 1 aliphatic rings. The number of H-pyrrole nitrogens is 2. The van der Waals surface area contributed by atoms with E-state index in [9.17, 15) is 4.79 Å². The van der Waals surface area contributed by atoms with Gasteiger partial charge in [0.1, 0.15) is 0 Å². The van der Waals surface area contributed by atoms with Crippen molar-refractivity contribution in [3.05, 3.63) is 64.3 Å². The zero-order valence-electron chi connectivity index (χ0n) is 15.0. The van der Waals surface area contributed by atoms with Gasteiger partial charge in [0.25, 0.3) is 0 Å². The molecule has 136 valence electrons. The van der Waals surface area contributed by atoms with Gasteiger partial charge in [-0.3, -0.25) is 9.88 Å². The molecule has 1 unspecified atom stereocenters. The van der Waals surface area contributed by atoms with Crippen molar-refractivity contribution in [3.8, 4) is 0 Å². The Morgan fingerprint density at radius 3 is 2.65 bits per heavy atom. The fourth-order valence-electron chi connectivity index (χ4n) is 3.77. The number of hydrogen-bond acceptors (Lipinski definition) is 4. The summed E-state index contributed by atoms with van der Waals surface area (Å²) in [6.07, 6.45) is 6.02. The maximum absolute atomic E-state index is 11.4. The third kappa shape index (κ3) is 3.86. The van der Waals surface area contributed by atoms with E-state index < -0.39 is 0 Å². The van der Waals surface area contributed by atoms with Crippen LogP contribution in [0.3, 0.4) is 0 Å². The lowest BCUT2D eigenvalue weighted by molar-refractivity contribution is 0.185. The highest BCUT2D eigenvalue weighted by Gasteiger charge is 2.21. The summed E-state index contributed by atoms with van der Waals surface area (Å²) in [7, 11) is 0. The third-order valence-electron chi connectivity index (χ3n) is 5.27. The normalized spacial score (nSPS) is 17.6. The molecule has 1 saturated heterocycles. The summed E-state index contributed by atoms with van der Waals surface area (Å²) in [6.45, 7) is 5.41. The van der Waals surface area contributed by atoms with Crippen LogP contribution < -0.4 is 11.0 Å². The summed E-state index contributed by atoms with van der Waals surface area (Å²) in [4.78, 5) is 23.6. The molecule has 0 amide bonds. The summed E-state index contributed by atoms with van der Waals surface area (Å²) >= 11 is 0. The molecule has 6 nitrogen and oxygen atoms in total. The van der Waals surface area contributed by atoms with Gasteiger partial charge in [0, 0.05) is 31.0 Å². The highest BCUT2D eigenvalue weighted by Crippen LogP contribution is 2.20. The number of nitrogens with one attached hydrogen (secondary N) is 3. The van der Waals surface area contributed by atoms with Crippen LogP contribution in [0.2, 0.25) is 0 Å². The van der Waals surface area contributed by atoms with E-state index in [1.165, 1.54) is 11.1 Å². The maximum Gasteiger partial charge on any atom is 0.323 e. The number of fused-ring (bicyclic) bond motifs is 1. The SMILES string of the molecule is CC(NC1CCN(Cc2ccncc2)CC1)c1ccc2[nH]c(=O)[nH]c2c1. The zero-order chi connectivity index (χ0) is 17.9. The lowest BCUT2D eigenvalue weighted by Gasteiger charge is -2.34. The summed E-state index contributed by atoms with van der Waals surface area (Å²) in [6, 6.07) is 11.1. The first-order valence-corrected chi connectivity index (χ1v) is 9.26. The van der Waals surface area contributed by atoms with E-state index in [0.717, 1.165) is 43.5 Å². The van der Waals surface area contributed by atoms with Gasteiger partial charge in [-0.1, -0.05) is 6.07 Å². The van der Waals surface area contributed by atoms with E-state index in [0.29, 0.717) is 6.04 Å². The molecule has 0 aliphatic carbocycles. The Morgan fingerprint density at radius 1 is 1.15 bits per heavy atom. The Bertz CT molecular complexity index is 909. The summed E-state index contributed by atoms with van der Waals surface area (Å²) in [5.74, 6) is 0. The van der Waals surface area contributed by atoms with E-state index in [4.69, 9.17) is 0 Å². The van der Waals surface area contributed by atoms with Crippen molar-refractivity contribution in [2.45, 2.75) is 38.4 Å². The smallest absolute Gasteiger partial charge is 0.307 e. The van der Waals surface area contributed by atoms with Crippen LogP contribution >= 0.6 is 0 Å². The van der Waals surface area contributed by atoms with Crippen molar-refractivity contribution >= 4 is 11.0 Å². The molecular formula is C20H25N5O. The first kappa shape index (κ1) is 17.0. The molecule has 1 fully saturated rings. The second-order valence-corrected chi connectivity index (χ2v) is 7.18. The number of benzene rings is 1. The van der Waals surface area contributed by atoms with E-state index in [2.05, 4.69) is 56.4 Å². The number of rotatable bonds is 5. The zero-order valence-corrected chi connectivity index (χ0v) is 15.0. The van der Waals surface area contributed by atoms with Crippen LogP contribution in [0.15, 0.2) is 47.5 Å². The number of imidazole rings is 1. The number of hydrogen-bond donors (Lipinski definition) is 3. The summed E-state index contributed by atoms with van der Waals surface area (Å²) < 4.78 is 0. The highest BCUT2D eigenvalue weighted by molar-refractivity contribution is 5.75. The van der Waals surface area contributed by atoms with Crippen LogP contribution in [0.1, 0.15) is 36.9 Å². The Morgan fingerprint density at radius 2 is 1.88 bits per heavy atom. The molecule has 26 heavy (non-hydrogen) atoms. The Labute approximate surface area is 152 Å². The lowest BCUT2D eigenvalue weighted by Crippen LogP contribution is -2.42. The van der Waals surface area contributed by atoms with Crippen LogP contribution in [-0.4, -0.2) is 39.0 Å². The first-order chi connectivity index (χ1) is 12.7. The molecule has 4 rings (SSSR count). The van der Waals surface area contributed by atoms with Crippen molar-refractivity contribution in [1.29, 1.82) is 0 Å². The molecule has 3 heterocycles. The van der Waals surface area contributed by atoms with Crippen LogP contribution in [0, 0.1) is 0 Å². The molecule has 0 radical (unpaired) electrons. The van der Waals surface area contributed by atoms with Crippen LogP contribution in [0.5, 0.6) is 0 Å². The highest BCUT2D eigenvalue weighted by atomic mass is 16.1. The summed E-state index contributed by atoms with van der Waals surface area (Å²) in [5.41, 5.74) is 4.10. The van der Waals surface area contributed by atoms with Gasteiger partial charge in [-0.2, -0.15) is 0 Å². The molecule has 1 atom stereocenters. The fraction of sp³-hybridized carbons (Fsp3) is 0.400. The monoisotopic (exact) mass is 351 g/mol. The average Bonchev–Trinajstić information content (AvgIpc) is 3.03. The van der Waals surface area contributed by atoms with E-state index >= 15 is 0 Å². The second kappa shape index (κ2) is 7.43. The number of aromatic amines is 2. The third-order valence-corrected chi connectivity index (χ3v) is 5.27. The molecule has 0 bridgehead atoms. The minimum Gasteiger partial charge on any atom is -0.307 e. The van der Waals surface area contributed by atoms with Gasteiger partial charge < -0.3 is 15.3 Å². The largest absolute Gasteiger partial charge is 0.323 e.